The number of aryl methyl sites for hydroxylation is 2. The highest BCUT2D eigenvalue weighted by Crippen LogP contribution is 2.31. The molecule has 7 nitrogen and oxygen atoms in total. The van der Waals surface area contributed by atoms with Gasteiger partial charge < -0.3 is 15.0 Å². The minimum absolute atomic E-state index is 0.0116. The van der Waals surface area contributed by atoms with Crippen LogP contribution in [0.4, 0.5) is 23.7 Å². The van der Waals surface area contributed by atoms with E-state index in [2.05, 4.69) is 5.32 Å². The van der Waals surface area contributed by atoms with Gasteiger partial charge in [0.25, 0.3) is 5.56 Å². The molecule has 1 atom stereocenters. The number of ether oxygens (including phenoxy) is 1. The summed E-state index contributed by atoms with van der Waals surface area (Å²) < 4.78 is 46.4. The largest absolute Gasteiger partial charge is 0.416 e. The summed E-state index contributed by atoms with van der Waals surface area (Å²) >= 11 is 0. The Balaban J connectivity index is 1.81. The molecule has 3 aromatic carbocycles. The normalized spacial score (nSPS) is 12.4. The molecule has 0 saturated carbocycles. The third-order valence-corrected chi connectivity index (χ3v) is 6.63. The monoisotopic (exact) mass is 538 g/mol. The van der Waals surface area contributed by atoms with Crippen molar-refractivity contribution in [3.8, 4) is 5.69 Å². The Morgan fingerprint density at radius 2 is 1.79 bits per heavy atom. The van der Waals surface area contributed by atoms with E-state index in [1.54, 1.807) is 31.2 Å². The standard InChI is InChI=1S/C29H29F3N4O3/c1-18-12-13-23(16-19(18)2)36-26(34-25-11-6-5-10-24(25)27(36)37)20(3)35(14-15-39-4)28(38)33-22-9-7-8-21(17-22)29(30,31)32/h5-13,16-17,20H,14-15H2,1-4H3,(H,33,38). The fraction of sp³-hybridized carbons (Fsp3) is 0.276. The summed E-state index contributed by atoms with van der Waals surface area (Å²) in [5.41, 5.74) is 1.90. The zero-order valence-electron chi connectivity index (χ0n) is 22.0. The van der Waals surface area contributed by atoms with Crippen LogP contribution in [0.3, 0.4) is 0 Å². The van der Waals surface area contributed by atoms with Crippen LogP contribution in [0, 0.1) is 13.8 Å². The van der Waals surface area contributed by atoms with E-state index in [-0.39, 0.29) is 24.4 Å². The number of rotatable bonds is 7. The molecule has 4 aromatic rings. The van der Waals surface area contributed by atoms with Crippen LogP contribution in [0.25, 0.3) is 16.6 Å². The van der Waals surface area contributed by atoms with Crippen molar-refractivity contribution < 1.29 is 22.7 Å². The third-order valence-electron chi connectivity index (χ3n) is 6.63. The van der Waals surface area contributed by atoms with Gasteiger partial charge in [-0.15, -0.1) is 0 Å². The minimum atomic E-state index is -4.55. The van der Waals surface area contributed by atoms with Gasteiger partial charge in [0, 0.05) is 19.3 Å². The van der Waals surface area contributed by atoms with Gasteiger partial charge in [0.2, 0.25) is 0 Å². The fourth-order valence-electron chi connectivity index (χ4n) is 4.31. The smallest absolute Gasteiger partial charge is 0.383 e. The van der Waals surface area contributed by atoms with Crippen LogP contribution < -0.4 is 10.9 Å². The van der Waals surface area contributed by atoms with Crippen molar-refractivity contribution in [1.82, 2.24) is 14.5 Å². The maximum atomic E-state index is 13.8. The van der Waals surface area contributed by atoms with E-state index in [0.29, 0.717) is 22.4 Å². The third kappa shape index (κ3) is 5.96. The summed E-state index contributed by atoms with van der Waals surface area (Å²) in [6.07, 6.45) is -4.55. The Labute approximate surface area is 223 Å². The summed E-state index contributed by atoms with van der Waals surface area (Å²) in [6.45, 7) is 5.87. The summed E-state index contributed by atoms with van der Waals surface area (Å²) in [5, 5.41) is 2.98. The molecule has 0 saturated heterocycles. The number of fused-ring (bicyclic) bond motifs is 1. The lowest BCUT2D eigenvalue weighted by molar-refractivity contribution is -0.137. The minimum Gasteiger partial charge on any atom is -0.383 e. The summed E-state index contributed by atoms with van der Waals surface area (Å²) in [5.74, 6) is 0.303. The lowest BCUT2D eigenvalue weighted by atomic mass is 10.1. The lowest BCUT2D eigenvalue weighted by Crippen LogP contribution is -2.41. The van der Waals surface area contributed by atoms with E-state index in [1.807, 2.05) is 32.0 Å². The van der Waals surface area contributed by atoms with E-state index in [9.17, 15) is 22.8 Å². The predicted molar refractivity (Wildman–Crippen MR) is 144 cm³/mol. The van der Waals surface area contributed by atoms with Crippen LogP contribution in [-0.2, 0) is 10.9 Å². The van der Waals surface area contributed by atoms with E-state index >= 15 is 0 Å². The summed E-state index contributed by atoms with van der Waals surface area (Å²) in [4.78, 5) is 33.4. The molecule has 0 aliphatic heterocycles. The first-order chi connectivity index (χ1) is 18.5. The molecule has 0 bridgehead atoms. The van der Waals surface area contributed by atoms with Crippen LogP contribution in [0.1, 0.15) is 35.5 Å². The SMILES string of the molecule is COCCN(C(=O)Nc1cccc(C(F)(F)F)c1)C(C)c1nc2ccccc2c(=O)n1-c1ccc(C)c(C)c1. The number of alkyl halides is 3. The number of halogens is 3. The number of amides is 2. The maximum absolute atomic E-state index is 13.8. The number of carbonyl (C=O) groups is 1. The molecule has 0 aliphatic rings. The number of methoxy groups -OCH3 is 1. The number of hydrogen-bond donors (Lipinski definition) is 1. The van der Waals surface area contributed by atoms with Gasteiger partial charge in [-0.1, -0.05) is 24.3 Å². The number of para-hydroxylation sites is 1. The van der Waals surface area contributed by atoms with Gasteiger partial charge in [0.05, 0.1) is 34.8 Å². The summed E-state index contributed by atoms with van der Waals surface area (Å²) in [7, 11) is 1.48. The molecule has 2 amide bonds. The van der Waals surface area contributed by atoms with Crippen LogP contribution in [0.5, 0.6) is 0 Å². The van der Waals surface area contributed by atoms with Gasteiger partial charge in [-0.05, 0) is 74.4 Å². The quantitative estimate of drug-likeness (QED) is 0.301. The van der Waals surface area contributed by atoms with Crippen LogP contribution in [0.15, 0.2) is 71.5 Å². The molecule has 1 heterocycles. The molecule has 1 N–H and O–H groups in total. The molecule has 0 radical (unpaired) electrons. The Kier molecular flexibility index (Phi) is 8.06. The van der Waals surface area contributed by atoms with Crippen molar-refractivity contribution in [2.75, 3.05) is 25.6 Å². The molecule has 1 aromatic heterocycles. The molecule has 204 valence electrons. The zero-order chi connectivity index (χ0) is 28.3. The number of nitrogens with one attached hydrogen (secondary N) is 1. The Morgan fingerprint density at radius 1 is 1.05 bits per heavy atom. The van der Waals surface area contributed by atoms with E-state index in [4.69, 9.17) is 9.72 Å². The van der Waals surface area contributed by atoms with Gasteiger partial charge in [-0.3, -0.25) is 9.36 Å². The Morgan fingerprint density at radius 3 is 2.49 bits per heavy atom. The van der Waals surface area contributed by atoms with Crippen molar-refractivity contribution in [2.24, 2.45) is 0 Å². The average Bonchev–Trinajstić information content (AvgIpc) is 2.90. The Hall–Kier alpha value is -4.18. The van der Waals surface area contributed by atoms with Crippen LogP contribution in [-0.4, -0.2) is 40.7 Å². The number of hydrogen-bond acceptors (Lipinski definition) is 4. The topological polar surface area (TPSA) is 76.5 Å². The molecule has 39 heavy (non-hydrogen) atoms. The molecule has 4 rings (SSSR count). The van der Waals surface area contributed by atoms with Crippen molar-refractivity contribution in [2.45, 2.75) is 33.0 Å². The first kappa shape index (κ1) is 27.8. The van der Waals surface area contributed by atoms with Gasteiger partial charge in [0.15, 0.2) is 0 Å². The van der Waals surface area contributed by atoms with Crippen molar-refractivity contribution >= 4 is 22.6 Å². The van der Waals surface area contributed by atoms with E-state index in [0.717, 1.165) is 23.3 Å². The second-order valence-corrected chi connectivity index (χ2v) is 9.27. The molecule has 0 fully saturated rings. The highest BCUT2D eigenvalue weighted by molar-refractivity contribution is 5.89. The second-order valence-electron chi connectivity index (χ2n) is 9.27. The van der Waals surface area contributed by atoms with Gasteiger partial charge >= 0.3 is 12.2 Å². The molecule has 0 aliphatic carbocycles. The first-order valence-corrected chi connectivity index (χ1v) is 12.3. The highest BCUT2D eigenvalue weighted by atomic mass is 19.4. The zero-order valence-corrected chi connectivity index (χ0v) is 22.0. The van der Waals surface area contributed by atoms with Crippen molar-refractivity contribution in [3.05, 3.63) is 99.6 Å². The fourth-order valence-corrected chi connectivity index (χ4v) is 4.31. The number of benzene rings is 3. The number of carbonyl (C=O) groups excluding carboxylic acids is 1. The number of nitrogens with zero attached hydrogens (tertiary/aromatic N) is 3. The van der Waals surface area contributed by atoms with Crippen molar-refractivity contribution in [3.63, 3.8) is 0 Å². The van der Waals surface area contributed by atoms with E-state index in [1.165, 1.54) is 28.7 Å². The van der Waals surface area contributed by atoms with Gasteiger partial charge in [-0.25, -0.2) is 9.78 Å². The van der Waals surface area contributed by atoms with E-state index < -0.39 is 23.8 Å². The van der Waals surface area contributed by atoms with Crippen LogP contribution in [0.2, 0.25) is 0 Å². The van der Waals surface area contributed by atoms with Crippen molar-refractivity contribution in [1.29, 1.82) is 0 Å². The molecule has 1 unspecified atom stereocenters. The number of urea groups is 1. The maximum Gasteiger partial charge on any atom is 0.416 e. The molecular weight excluding hydrogens is 509 g/mol. The Bertz CT molecular complexity index is 1570. The number of aromatic nitrogens is 2. The molecular formula is C29H29F3N4O3. The lowest BCUT2D eigenvalue weighted by Gasteiger charge is -2.30. The highest BCUT2D eigenvalue weighted by Gasteiger charge is 2.31. The van der Waals surface area contributed by atoms with Crippen LogP contribution >= 0.6 is 0 Å². The molecule has 0 spiro atoms. The summed E-state index contributed by atoms with van der Waals surface area (Å²) in [6, 6.07) is 15.5. The predicted octanol–water partition coefficient (Wildman–Crippen LogP) is 6.26. The number of anilines is 1. The molecule has 10 heteroatoms. The average molecular weight is 539 g/mol. The van der Waals surface area contributed by atoms with Gasteiger partial charge in [0.1, 0.15) is 5.82 Å². The first-order valence-electron chi connectivity index (χ1n) is 12.3. The van der Waals surface area contributed by atoms with Gasteiger partial charge in [-0.2, -0.15) is 13.2 Å². The second kappa shape index (κ2) is 11.3.